The standard InChI is InChI=1S/C24H24N4O3/c1-3-21-20(14-25-28(21)19-10-4-16(2)5-11-19)24(31)26-18-8-6-17(7-9-18)15-27-22(29)12-13-23(27)30/h4-11,14H,3,12-13,15H2,1-2H3,(H,26,31). The largest absolute Gasteiger partial charge is 0.322 e. The van der Waals surface area contributed by atoms with Crippen LogP contribution in [-0.2, 0) is 22.6 Å². The van der Waals surface area contributed by atoms with Gasteiger partial charge in [0.25, 0.3) is 5.91 Å². The van der Waals surface area contributed by atoms with Gasteiger partial charge in [0.2, 0.25) is 11.8 Å². The minimum atomic E-state index is -0.229. The maximum atomic E-state index is 12.9. The summed E-state index contributed by atoms with van der Waals surface area (Å²) in [4.78, 5) is 37.7. The van der Waals surface area contributed by atoms with E-state index in [9.17, 15) is 14.4 Å². The summed E-state index contributed by atoms with van der Waals surface area (Å²) in [6.07, 6.45) is 2.81. The third kappa shape index (κ3) is 4.26. The lowest BCUT2D eigenvalue weighted by molar-refractivity contribution is -0.139. The minimum absolute atomic E-state index is 0.139. The van der Waals surface area contributed by atoms with E-state index in [0.29, 0.717) is 17.7 Å². The highest BCUT2D eigenvalue weighted by atomic mass is 16.2. The number of rotatable bonds is 6. The summed E-state index contributed by atoms with van der Waals surface area (Å²) in [6.45, 7) is 4.28. The maximum Gasteiger partial charge on any atom is 0.259 e. The van der Waals surface area contributed by atoms with Gasteiger partial charge in [0, 0.05) is 18.5 Å². The highest BCUT2D eigenvalue weighted by Gasteiger charge is 2.28. The number of likely N-dealkylation sites (tertiary alicyclic amines) is 1. The average Bonchev–Trinajstić information content (AvgIpc) is 3.34. The molecule has 0 unspecified atom stereocenters. The SMILES string of the molecule is CCc1c(C(=O)Nc2ccc(CN3C(=O)CCC3=O)cc2)cnn1-c1ccc(C)cc1. The lowest BCUT2D eigenvalue weighted by atomic mass is 10.1. The van der Waals surface area contributed by atoms with Gasteiger partial charge in [-0.2, -0.15) is 5.10 Å². The lowest BCUT2D eigenvalue weighted by Gasteiger charge is -2.14. The fourth-order valence-corrected chi connectivity index (χ4v) is 3.69. The van der Waals surface area contributed by atoms with E-state index in [1.807, 2.05) is 50.2 Å². The molecule has 0 spiro atoms. The van der Waals surface area contributed by atoms with Gasteiger partial charge in [0.05, 0.1) is 29.7 Å². The molecule has 7 nitrogen and oxygen atoms in total. The highest BCUT2D eigenvalue weighted by molar-refractivity contribution is 6.05. The molecule has 0 saturated carbocycles. The van der Waals surface area contributed by atoms with Crippen molar-refractivity contribution in [1.82, 2.24) is 14.7 Å². The Kier molecular flexibility index (Phi) is 5.66. The van der Waals surface area contributed by atoms with Gasteiger partial charge in [-0.25, -0.2) is 4.68 Å². The van der Waals surface area contributed by atoms with Crippen molar-refractivity contribution < 1.29 is 14.4 Å². The summed E-state index contributed by atoms with van der Waals surface area (Å²) in [5.41, 5.74) is 4.91. The normalized spacial score (nSPS) is 13.7. The van der Waals surface area contributed by atoms with Crippen molar-refractivity contribution in [3.63, 3.8) is 0 Å². The van der Waals surface area contributed by atoms with Gasteiger partial charge in [-0.3, -0.25) is 19.3 Å². The topological polar surface area (TPSA) is 84.3 Å². The molecule has 1 aliphatic rings. The summed E-state index contributed by atoms with van der Waals surface area (Å²) in [5, 5.41) is 7.33. The van der Waals surface area contributed by atoms with Crippen molar-refractivity contribution in [3.05, 3.63) is 77.1 Å². The number of hydrogen-bond acceptors (Lipinski definition) is 4. The van der Waals surface area contributed by atoms with Crippen LogP contribution in [0.15, 0.2) is 54.7 Å². The fraction of sp³-hybridized carbons (Fsp3) is 0.250. The number of carbonyl (C=O) groups is 3. The van der Waals surface area contributed by atoms with Crippen molar-refractivity contribution >= 4 is 23.4 Å². The van der Waals surface area contributed by atoms with Crippen molar-refractivity contribution in [2.24, 2.45) is 0 Å². The van der Waals surface area contributed by atoms with E-state index < -0.39 is 0 Å². The molecule has 0 atom stereocenters. The number of aryl methyl sites for hydroxylation is 1. The lowest BCUT2D eigenvalue weighted by Crippen LogP contribution is -2.28. The van der Waals surface area contributed by atoms with Crippen LogP contribution in [0.1, 0.15) is 46.9 Å². The van der Waals surface area contributed by atoms with Crippen LogP contribution < -0.4 is 5.32 Å². The van der Waals surface area contributed by atoms with Crippen LogP contribution in [0.4, 0.5) is 5.69 Å². The number of carbonyl (C=O) groups excluding carboxylic acids is 3. The molecular weight excluding hydrogens is 392 g/mol. The Hall–Kier alpha value is -3.74. The van der Waals surface area contributed by atoms with Crippen LogP contribution in [0, 0.1) is 6.92 Å². The molecule has 1 saturated heterocycles. The molecule has 2 heterocycles. The van der Waals surface area contributed by atoms with E-state index in [4.69, 9.17) is 0 Å². The van der Waals surface area contributed by atoms with Crippen LogP contribution in [0.2, 0.25) is 0 Å². The first-order valence-electron chi connectivity index (χ1n) is 10.3. The zero-order chi connectivity index (χ0) is 22.0. The van der Waals surface area contributed by atoms with Gasteiger partial charge in [-0.05, 0) is 43.2 Å². The Balaban J connectivity index is 1.47. The second-order valence-electron chi connectivity index (χ2n) is 7.63. The molecule has 0 bridgehead atoms. The van der Waals surface area contributed by atoms with E-state index in [-0.39, 0.29) is 37.1 Å². The summed E-state index contributed by atoms with van der Waals surface area (Å²) in [6, 6.07) is 15.2. The first kappa shape index (κ1) is 20.5. The molecular formula is C24H24N4O3. The molecule has 3 aromatic rings. The average molecular weight is 416 g/mol. The third-order valence-corrected chi connectivity index (χ3v) is 5.43. The van der Waals surface area contributed by atoms with Gasteiger partial charge < -0.3 is 5.32 Å². The summed E-state index contributed by atoms with van der Waals surface area (Å²) in [5.74, 6) is -0.506. The molecule has 4 rings (SSSR count). The van der Waals surface area contributed by atoms with E-state index >= 15 is 0 Å². The smallest absolute Gasteiger partial charge is 0.259 e. The number of nitrogens with zero attached hydrogens (tertiary/aromatic N) is 3. The Morgan fingerprint density at radius 2 is 1.65 bits per heavy atom. The second-order valence-corrected chi connectivity index (χ2v) is 7.63. The molecule has 2 aromatic carbocycles. The molecule has 1 fully saturated rings. The zero-order valence-corrected chi connectivity index (χ0v) is 17.6. The first-order valence-corrected chi connectivity index (χ1v) is 10.3. The number of hydrogen-bond donors (Lipinski definition) is 1. The fourth-order valence-electron chi connectivity index (χ4n) is 3.69. The van der Waals surface area contributed by atoms with Crippen LogP contribution in [0.3, 0.4) is 0 Å². The molecule has 3 amide bonds. The number of benzene rings is 2. The van der Waals surface area contributed by atoms with Gasteiger partial charge in [0.1, 0.15) is 0 Å². The van der Waals surface area contributed by atoms with Gasteiger partial charge in [-0.1, -0.05) is 36.8 Å². The Bertz CT molecular complexity index is 1110. The van der Waals surface area contributed by atoms with Crippen molar-refractivity contribution in [2.45, 2.75) is 39.7 Å². The second kappa shape index (κ2) is 8.55. The van der Waals surface area contributed by atoms with Crippen molar-refractivity contribution in [1.29, 1.82) is 0 Å². The quantitative estimate of drug-likeness (QED) is 0.622. The van der Waals surface area contributed by atoms with Crippen molar-refractivity contribution in [3.8, 4) is 5.69 Å². The van der Waals surface area contributed by atoms with Crippen LogP contribution >= 0.6 is 0 Å². The van der Waals surface area contributed by atoms with Gasteiger partial charge in [0.15, 0.2) is 0 Å². The first-order chi connectivity index (χ1) is 15.0. The Labute approximate surface area is 180 Å². The number of anilines is 1. The van der Waals surface area contributed by atoms with Crippen LogP contribution in [0.5, 0.6) is 0 Å². The van der Waals surface area contributed by atoms with Crippen LogP contribution in [0.25, 0.3) is 5.69 Å². The zero-order valence-electron chi connectivity index (χ0n) is 17.6. The third-order valence-electron chi connectivity index (χ3n) is 5.43. The summed E-state index contributed by atoms with van der Waals surface area (Å²) < 4.78 is 1.79. The van der Waals surface area contributed by atoms with Gasteiger partial charge in [-0.15, -0.1) is 0 Å². The maximum absolute atomic E-state index is 12.9. The molecule has 0 aliphatic carbocycles. The Morgan fingerprint density at radius 3 is 2.26 bits per heavy atom. The molecule has 31 heavy (non-hydrogen) atoms. The van der Waals surface area contributed by atoms with Crippen molar-refractivity contribution in [2.75, 3.05) is 5.32 Å². The predicted molar refractivity (Wildman–Crippen MR) is 117 cm³/mol. The Morgan fingerprint density at radius 1 is 1.00 bits per heavy atom. The number of imide groups is 1. The van der Waals surface area contributed by atoms with E-state index in [2.05, 4.69) is 10.4 Å². The molecule has 158 valence electrons. The summed E-state index contributed by atoms with van der Waals surface area (Å²) >= 11 is 0. The van der Waals surface area contributed by atoms with E-state index in [1.165, 1.54) is 4.90 Å². The number of nitrogens with one attached hydrogen (secondary N) is 1. The molecule has 7 heteroatoms. The van der Waals surface area contributed by atoms with Gasteiger partial charge >= 0.3 is 0 Å². The number of amides is 3. The van der Waals surface area contributed by atoms with E-state index in [1.54, 1.807) is 23.0 Å². The number of aromatic nitrogens is 2. The molecule has 1 N–H and O–H groups in total. The monoisotopic (exact) mass is 416 g/mol. The molecule has 1 aliphatic heterocycles. The summed E-state index contributed by atoms with van der Waals surface area (Å²) in [7, 11) is 0. The minimum Gasteiger partial charge on any atom is -0.322 e. The predicted octanol–water partition coefficient (Wildman–Crippen LogP) is 3.64. The molecule has 0 radical (unpaired) electrons. The van der Waals surface area contributed by atoms with E-state index in [0.717, 1.165) is 22.5 Å². The molecule has 1 aromatic heterocycles. The van der Waals surface area contributed by atoms with Crippen LogP contribution in [-0.4, -0.2) is 32.4 Å². The highest BCUT2D eigenvalue weighted by Crippen LogP contribution is 2.20.